The number of hydrogen-bond acceptors (Lipinski definition) is 3. The van der Waals surface area contributed by atoms with Gasteiger partial charge in [-0.2, -0.15) is 0 Å². The van der Waals surface area contributed by atoms with Gasteiger partial charge in [0.1, 0.15) is 11.5 Å². The first-order valence-electron chi connectivity index (χ1n) is 9.59. The number of imidazole rings is 1. The smallest absolute Gasteiger partial charge is 0.271 e. The maximum atomic E-state index is 12.3. The second-order valence-electron chi connectivity index (χ2n) is 7.20. The fourth-order valence-electron chi connectivity index (χ4n) is 3.47. The molecule has 1 aromatic heterocycles. The maximum absolute atomic E-state index is 12.3. The molecule has 1 aliphatic heterocycles. The average molecular weight is 350 g/mol. The Morgan fingerprint density at radius 2 is 2.04 bits per heavy atom. The molecule has 0 radical (unpaired) electrons. The van der Waals surface area contributed by atoms with Gasteiger partial charge in [-0.05, 0) is 24.8 Å². The number of aromatic nitrogens is 2. The Bertz CT molecular complexity index is 751. The molecule has 4 rings (SSSR count). The minimum atomic E-state index is -0.0158. The Morgan fingerprint density at radius 3 is 2.81 bits per heavy atom. The van der Waals surface area contributed by atoms with Gasteiger partial charge >= 0.3 is 0 Å². The van der Waals surface area contributed by atoms with Gasteiger partial charge < -0.3 is 9.88 Å². The predicted octanol–water partition coefficient (Wildman–Crippen LogP) is 2.74. The molecular weight excluding hydrogens is 324 g/mol. The molecule has 1 aliphatic carbocycles. The van der Waals surface area contributed by atoms with Crippen LogP contribution in [0.4, 0.5) is 0 Å². The Hall–Kier alpha value is -2.40. The molecule has 1 aromatic carbocycles. The first-order chi connectivity index (χ1) is 12.8. The topological polar surface area (TPSA) is 50.2 Å². The van der Waals surface area contributed by atoms with E-state index >= 15 is 0 Å². The maximum Gasteiger partial charge on any atom is 0.271 e. The third-order valence-electron chi connectivity index (χ3n) is 5.31. The summed E-state index contributed by atoms with van der Waals surface area (Å²) in [5, 5.41) is 3.08. The van der Waals surface area contributed by atoms with Crippen molar-refractivity contribution in [1.29, 1.82) is 0 Å². The zero-order valence-electron chi connectivity index (χ0n) is 15.1. The number of rotatable bonds is 5. The minimum absolute atomic E-state index is 0.0158. The Kier molecular flexibility index (Phi) is 5.16. The molecule has 0 atom stereocenters. The number of hydrogen-bond donors (Lipinski definition) is 1. The van der Waals surface area contributed by atoms with Crippen molar-refractivity contribution < 1.29 is 4.79 Å². The molecule has 136 valence electrons. The molecule has 2 aliphatic rings. The van der Waals surface area contributed by atoms with Gasteiger partial charge in [-0.25, -0.2) is 4.98 Å². The third kappa shape index (κ3) is 4.05. The molecule has 0 spiro atoms. The number of amides is 1. The molecule has 1 saturated carbocycles. The van der Waals surface area contributed by atoms with Gasteiger partial charge in [-0.15, -0.1) is 0 Å². The van der Waals surface area contributed by atoms with Crippen molar-refractivity contribution in [2.45, 2.75) is 38.3 Å². The zero-order valence-corrected chi connectivity index (χ0v) is 15.1. The molecule has 2 heterocycles. The van der Waals surface area contributed by atoms with E-state index in [9.17, 15) is 4.79 Å². The van der Waals surface area contributed by atoms with Crippen LogP contribution in [0, 0.1) is 0 Å². The number of carbonyl (C=O) groups excluding carboxylic acids is 1. The van der Waals surface area contributed by atoms with Crippen LogP contribution in [0.1, 0.15) is 41.1 Å². The minimum Gasteiger partial charge on any atom is -0.348 e. The number of benzene rings is 1. The molecule has 26 heavy (non-hydrogen) atoms. The van der Waals surface area contributed by atoms with E-state index in [2.05, 4.69) is 56.2 Å². The van der Waals surface area contributed by atoms with Gasteiger partial charge in [0.25, 0.3) is 5.91 Å². The first kappa shape index (κ1) is 17.0. The molecule has 5 heteroatoms. The lowest BCUT2D eigenvalue weighted by molar-refractivity contribution is 0.0912. The van der Waals surface area contributed by atoms with Crippen LogP contribution in [-0.2, 0) is 13.0 Å². The highest BCUT2D eigenvalue weighted by molar-refractivity contribution is 5.92. The van der Waals surface area contributed by atoms with E-state index in [1.165, 1.54) is 12.0 Å². The molecular formula is C21H26N4O. The molecule has 1 N–H and O–H groups in total. The van der Waals surface area contributed by atoms with E-state index in [0.29, 0.717) is 11.7 Å². The van der Waals surface area contributed by atoms with Crippen molar-refractivity contribution in [3.8, 4) is 0 Å². The number of carbonyl (C=O) groups is 1. The van der Waals surface area contributed by atoms with Gasteiger partial charge in [0.2, 0.25) is 0 Å². The second kappa shape index (κ2) is 7.87. The van der Waals surface area contributed by atoms with E-state index < -0.39 is 0 Å². The monoisotopic (exact) mass is 350 g/mol. The molecule has 1 fully saturated rings. The van der Waals surface area contributed by atoms with E-state index in [4.69, 9.17) is 0 Å². The Balaban J connectivity index is 1.31. The summed E-state index contributed by atoms with van der Waals surface area (Å²) in [5.41, 5.74) is 1.81. The van der Waals surface area contributed by atoms with Gasteiger partial charge in [0.15, 0.2) is 0 Å². The van der Waals surface area contributed by atoms with Crippen molar-refractivity contribution in [2.75, 3.05) is 19.6 Å². The van der Waals surface area contributed by atoms with Crippen LogP contribution >= 0.6 is 0 Å². The highest BCUT2D eigenvalue weighted by Gasteiger charge is 2.23. The average Bonchev–Trinajstić information content (AvgIpc) is 2.95. The SMILES string of the molecule is O=C(NC1CCC1)c1cn2c(n1)CCN(C/C=C/c1ccccc1)CC2. The summed E-state index contributed by atoms with van der Waals surface area (Å²) < 4.78 is 2.15. The highest BCUT2D eigenvalue weighted by Crippen LogP contribution is 2.19. The molecule has 1 amide bonds. The predicted molar refractivity (Wildman–Crippen MR) is 103 cm³/mol. The first-order valence-corrected chi connectivity index (χ1v) is 9.59. The van der Waals surface area contributed by atoms with Crippen LogP contribution in [-0.4, -0.2) is 46.0 Å². The lowest BCUT2D eigenvalue weighted by Gasteiger charge is -2.25. The summed E-state index contributed by atoms with van der Waals surface area (Å²) in [6, 6.07) is 10.7. The van der Waals surface area contributed by atoms with Gasteiger partial charge in [-0.1, -0.05) is 42.5 Å². The molecule has 0 saturated heterocycles. The zero-order chi connectivity index (χ0) is 17.8. The second-order valence-corrected chi connectivity index (χ2v) is 7.20. The normalized spacial score (nSPS) is 18.3. The summed E-state index contributed by atoms with van der Waals surface area (Å²) in [6.45, 7) is 3.78. The fourth-order valence-corrected chi connectivity index (χ4v) is 3.47. The van der Waals surface area contributed by atoms with E-state index in [-0.39, 0.29) is 5.91 Å². The van der Waals surface area contributed by atoms with E-state index in [1.54, 1.807) is 0 Å². The van der Waals surface area contributed by atoms with Crippen LogP contribution in [0.3, 0.4) is 0 Å². The van der Waals surface area contributed by atoms with Gasteiger partial charge in [-0.3, -0.25) is 9.69 Å². The van der Waals surface area contributed by atoms with Gasteiger partial charge in [0.05, 0.1) is 0 Å². The standard InChI is InChI=1S/C21H26N4O/c26-21(22-18-9-4-10-18)19-16-25-15-14-24(13-11-20(25)23-19)12-5-8-17-6-2-1-3-7-17/h1-3,5-8,16,18H,4,9-15H2,(H,22,26)/b8-5+. The van der Waals surface area contributed by atoms with Crippen LogP contribution in [0.5, 0.6) is 0 Å². The quantitative estimate of drug-likeness (QED) is 0.902. The Labute approximate surface area is 154 Å². The van der Waals surface area contributed by atoms with Gasteiger partial charge in [0, 0.05) is 44.8 Å². The van der Waals surface area contributed by atoms with Crippen LogP contribution in [0.25, 0.3) is 6.08 Å². The molecule has 0 bridgehead atoms. The lowest BCUT2D eigenvalue weighted by Crippen LogP contribution is -2.39. The summed E-state index contributed by atoms with van der Waals surface area (Å²) in [5.74, 6) is 1.01. The van der Waals surface area contributed by atoms with E-state index in [0.717, 1.165) is 51.3 Å². The molecule has 2 aromatic rings. The number of fused-ring (bicyclic) bond motifs is 1. The molecule has 5 nitrogen and oxygen atoms in total. The van der Waals surface area contributed by atoms with Crippen molar-refractivity contribution in [1.82, 2.24) is 19.8 Å². The summed E-state index contributed by atoms with van der Waals surface area (Å²) >= 11 is 0. The van der Waals surface area contributed by atoms with Crippen LogP contribution in [0.2, 0.25) is 0 Å². The van der Waals surface area contributed by atoms with Crippen molar-refractivity contribution in [2.24, 2.45) is 0 Å². The number of nitrogens with zero attached hydrogens (tertiary/aromatic N) is 3. The lowest BCUT2D eigenvalue weighted by atomic mass is 9.93. The highest BCUT2D eigenvalue weighted by atomic mass is 16.2. The van der Waals surface area contributed by atoms with Crippen LogP contribution < -0.4 is 5.32 Å². The van der Waals surface area contributed by atoms with Crippen molar-refractivity contribution in [3.63, 3.8) is 0 Å². The summed E-state index contributed by atoms with van der Waals surface area (Å²) in [7, 11) is 0. The molecule has 0 unspecified atom stereocenters. The summed E-state index contributed by atoms with van der Waals surface area (Å²) in [6.07, 6.45) is 10.6. The largest absolute Gasteiger partial charge is 0.348 e. The third-order valence-corrected chi connectivity index (χ3v) is 5.31. The fraction of sp³-hybridized carbons (Fsp3) is 0.429. The van der Waals surface area contributed by atoms with E-state index in [1.807, 2.05) is 12.3 Å². The summed E-state index contributed by atoms with van der Waals surface area (Å²) in [4.78, 5) is 19.3. The number of nitrogens with one attached hydrogen (secondary N) is 1. The van der Waals surface area contributed by atoms with Crippen molar-refractivity contribution in [3.05, 3.63) is 59.7 Å². The van der Waals surface area contributed by atoms with Crippen molar-refractivity contribution >= 4 is 12.0 Å². The Morgan fingerprint density at radius 1 is 1.19 bits per heavy atom. The van der Waals surface area contributed by atoms with Crippen LogP contribution in [0.15, 0.2) is 42.6 Å².